The summed E-state index contributed by atoms with van der Waals surface area (Å²) in [5.74, 6) is 0. The van der Waals surface area contributed by atoms with Crippen molar-refractivity contribution in [1.82, 2.24) is 14.8 Å². The van der Waals surface area contributed by atoms with E-state index in [0.29, 0.717) is 34.9 Å². The largest absolute Gasteiger partial charge is 0.416 e. The molecule has 3 aromatic carbocycles. The fourth-order valence-electron chi connectivity index (χ4n) is 3.94. The predicted molar refractivity (Wildman–Crippen MR) is 122 cm³/mol. The molecule has 0 unspecified atom stereocenters. The quantitative estimate of drug-likeness (QED) is 0.347. The van der Waals surface area contributed by atoms with E-state index in [1.165, 1.54) is 16.8 Å². The summed E-state index contributed by atoms with van der Waals surface area (Å²) in [6, 6.07) is 21.8. The molecular formula is C26H18F3N3O. The number of hydrogen-bond acceptors (Lipinski definition) is 3. The topological polar surface area (TPSA) is 47.8 Å². The Kier molecular flexibility index (Phi) is 5.17. The zero-order chi connectivity index (χ0) is 23.0. The molecule has 0 saturated heterocycles. The second kappa shape index (κ2) is 8.16. The molecule has 0 aliphatic rings. The van der Waals surface area contributed by atoms with Crippen molar-refractivity contribution in [3.8, 4) is 11.1 Å². The van der Waals surface area contributed by atoms with Gasteiger partial charge in [-0.3, -0.25) is 9.78 Å². The SMILES string of the molecule is O=c1c2c(-c3ccc(C(F)(F)F)cc3)cccc2cnn1CCc1ccc2ccccc2n1. The van der Waals surface area contributed by atoms with Crippen LogP contribution in [0, 0.1) is 0 Å². The molecule has 0 atom stereocenters. The minimum atomic E-state index is -4.41. The van der Waals surface area contributed by atoms with Gasteiger partial charge in [-0.05, 0) is 35.4 Å². The summed E-state index contributed by atoms with van der Waals surface area (Å²) in [5.41, 5.74) is 1.83. The maximum atomic E-state index is 13.3. The Labute approximate surface area is 186 Å². The Morgan fingerprint density at radius 1 is 0.818 bits per heavy atom. The lowest BCUT2D eigenvalue weighted by molar-refractivity contribution is -0.137. The molecule has 0 fully saturated rings. The number of nitrogens with zero attached hydrogens (tertiary/aromatic N) is 3. The molecule has 0 saturated carbocycles. The molecule has 0 aliphatic carbocycles. The van der Waals surface area contributed by atoms with Gasteiger partial charge >= 0.3 is 6.18 Å². The molecule has 2 heterocycles. The highest BCUT2D eigenvalue weighted by Crippen LogP contribution is 2.32. The molecule has 2 aromatic heterocycles. The van der Waals surface area contributed by atoms with Gasteiger partial charge in [0.15, 0.2) is 0 Å². The normalized spacial score (nSPS) is 11.8. The van der Waals surface area contributed by atoms with Crippen LogP contribution in [0.2, 0.25) is 0 Å². The lowest BCUT2D eigenvalue weighted by atomic mass is 9.99. The first-order valence-electron chi connectivity index (χ1n) is 10.4. The number of hydrogen-bond donors (Lipinski definition) is 0. The molecule has 0 N–H and O–H groups in total. The van der Waals surface area contributed by atoms with Crippen molar-refractivity contribution < 1.29 is 13.2 Å². The van der Waals surface area contributed by atoms with E-state index < -0.39 is 11.7 Å². The van der Waals surface area contributed by atoms with E-state index in [4.69, 9.17) is 0 Å². The summed E-state index contributed by atoms with van der Waals surface area (Å²) in [7, 11) is 0. The second-order valence-electron chi connectivity index (χ2n) is 7.76. The summed E-state index contributed by atoms with van der Waals surface area (Å²) >= 11 is 0. The predicted octanol–water partition coefficient (Wildman–Crippen LogP) is 5.87. The highest BCUT2D eigenvalue weighted by molar-refractivity contribution is 5.95. The van der Waals surface area contributed by atoms with Crippen molar-refractivity contribution in [2.75, 3.05) is 0 Å². The van der Waals surface area contributed by atoms with Crippen LogP contribution >= 0.6 is 0 Å². The summed E-state index contributed by atoms with van der Waals surface area (Å²) in [6.45, 7) is 0.335. The number of rotatable bonds is 4. The number of alkyl halides is 3. The standard InChI is InChI=1S/C26H18F3N3O/c27-26(28,29)20-11-8-17(9-12-20)22-6-3-5-19-16-30-32(25(33)24(19)22)15-14-21-13-10-18-4-1-2-7-23(18)31-21/h1-13,16H,14-15H2. The fraction of sp³-hybridized carbons (Fsp3) is 0.115. The van der Waals surface area contributed by atoms with Gasteiger partial charge in [0.1, 0.15) is 0 Å². The lowest BCUT2D eigenvalue weighted by Crippen LogP contribution is -2.24. The van der Waals surface area contributed by atoms with E-state index >= 15 is 0 Å². The highest BCUT2D eigenvalue weighted by atomic mass is 19.4. The molecule has 0 bridgehead atoms. The van der Waals surface area contributed by atoms with Crippen molar-refractivity contribution in [2.45, 2.75) is 19.1 Å². The van der Waals surface area contributed by atoms with Crippen LogP contribution in [0.25, 0.3) is 32.8 Å². The number of benzene rings is 3. The molecule has 7 heteroatoms. The van der Waals surface area contributed by atoms with E-state index in [-0.39, 0.29) is 5.56 Å². The first-order chi connectivity index (χ1) is 15.9. The Bertz CT molecular complexity index is 1520. The summed E-state index contributed by atoms with van der Waals surface area (Å²) in [6.07, 6.45) is -2.28. The number of para-hydroxylation sites is 1. The van der Waals surface area contributed by atoms with Gasteiger partial charge < -0.3 is 0 Å². The maximum absolute atomic E-state index is 13.3. The summed E-state index contributed by atoms with van der Waals surface area (Å²) in [4.78, 5) is 17.9. The maximum Gasteiger partial charge on any atom is 0.416 e. The summed E-state index contributed by atoms with van der Waals surface area (Å²) < 4.78 is 40.2. The Morgan fingerprint density at radius 3 is 2.36 bits per heavy atom. The van der Waals surface area contributed by atoms with Crippen LogP contribution in [-0.4, -0.2) is 14.8 Å². The third-order valence-electron chi connectivity index (χ3n) is 5.64. The molecule has 5 rings (SSSR count). The van der Waals surface area contributed by atoms with Crippen molar-refractivity contribution >= 4 is 21.7 Å². The van der Waals surface area contributed by atoms with Crippen LogP contribution in [0.3, 0.4) is 0 Å². The van der Waals surface area contributed by atoms with Crippen molar-refractivity contribution in [3.05, 3.63) is 107 Å². The number of pyridine rings is 1. The first-order valence-corrected chi connectivity index (χ1v) is 10.4. The molecule has 0 radical (unpaired) electrons. The average molecular weight is 445 g/mol. The van der Waals surface area contributed by atoms with Crippen molar-refractivity contribution in [1.29, 1.82) is 0 Å². The van der Waals surface area contributed by atoms with Crippen molar-refractivity contribution in [3.63, 3.8) is 0 Å². The second-order valence-corrected chi connectivity index (χ2v) is 7.76. The molecule has 5 aromatic rings. The highest BCUT2D eigenvalue weighted by Gasteiger charge is 2.30. The van der Waals surface area contributed by atoms with Crippen LogP contribution in [0.15, 0.2) is 89.9 Å². The molecular weight excluding hydrogens is 427 g/mol. The Balaban J connectivity index is 1.49. The van der Waals surface area contributed by atoms with E-state index in [2.05, 4.69) is 10.1 Å². The van der Waals surface area contributed by atoms with Crippen LogP contribution in [0.5, 0.6) is 0 Å². The number of aromatic nitrogens is 3. The van der Waals surface area contributed by atoms with E-state index in [9.17, 15) is 18.0 Å². The third kappa shape index (κ3) is 4.09. The monoisotopic (exact) mass is 445 g/mol. The molecule has 0 spiro atoms. The van der Waals surface area contributed by atoms with Gasteiger partial charge in [0.25, 0.3) is 5.56 Å². The molecule has 33 heavy (non-hydrogen) atoms. The van der Waals surface area contributed by atoms with Gasteiger partial charge in [-0.25, -0.2) is 4.68 Å². The van der Waals surface area contributed by atoms with Crippen LogP contribution in [0.4, 0.5) is 13.2 Å². The van der Waals surface area contributed by atoms with Gasteiger partial charge in [0.05, 0.1) is 29.2 Å². The zero-order valence-corrected chi connectivity index (χ0v) is 17.4. The van der Waals surface area contributed by atoms with Gasteiger partial charge in [-0.1, -0.05) is 54.6 Å². The van der Waals surface area contributed by atoms with Crippen LogP contribution < -0.4 is 5.56 Å². The van der Waals surface area contributed by atoms with Gasteiger partial charge in [-0.2, -0.15) is 18.3 Å². The van der Waals surface area contributed by atoms with Gasteiger partial charge in [0, 0.05) is 22.9 Å². The van der Waals surface area contributed by atoms with E-state index in [0.717, 1.165) is 28.7 Å². The Morgan fingerprint density at radius 2 is 1.58 bits per heavy atom. The fourth-order valence-corrected chi connectivity index (χ4v) is 3.94. The smallest absolute Gasteiger partial charge is 0.267 e. The lowest BCUT2D eigenvalue weighted by Gasteiger charge is -2.11. The van der Waals surface area contributed by atoms with Gasteiger partial charge in [0.2, 0.25) is 0 Å². The van der Waals surface area contributed by atoms with Crippen LogP contribution in [0.1, 0.15) is 11.3 Å². The molecule has 164 valence electrons. The van der Waals surface area contributed by atoms with Gasteiger partial charge in [-0.15, -0.1) is 0 Å². The molecule has 4 nitrogen and oxygen atoms in total. The first kappa shape index (κ1) is 20.9. The third-order valence-corrected chi connectivity index (χ3v) is 5.64. The minimum Gasteiger partial charge on any atom is -0.267 e. The molecule has 0 amide bonds. The number of aryl methyl sites for hydroxylation is 2. The Hall–Kier alpha value is -4.00. The van der Waals surface area contributed by atoms with Crippen LogP contribution in [-0.2, 0) is 19.1 Å². The number of fused-ring (bicyclic) bond motifs is 2. The molecule has 0 aliphatic heterocycles. The minimum absolute atomic E-state index is 0.288. The zero-order valence-electron chi connectivity index (χ0n) is 17.4. The van der Waals surface area contributed by atoms with E-state index in [1.54, 1.807) is 24.4 Å². The average Bonchev–Trinajstić information content (AvgIpc) is 2.83. The number of halogens is 3. The van der Waals surface area contributed by atoms with Crippen molar-refractivity contribution in [2.24, 2.45) is 0 Å². The van der Waals surface area contributed by atoms with E-state index in [1.807, 2.05) is 36.4 Å². The summed E-state index contributed by atoms with van der Waals surface area (Å²) in [5, 5.41) is 6.40.